The number of rotatable bonds is 2. The quantitative estimate of drug-likeness (QED) is 0.740. The molecule has 0 amide bonds. The monoisotopic (exact) mass is 231 g/mol. The Labute approximate surface area is 93.8 Å². The molecule has 0 aromatic carbocycles. The number of carbonyl (C=O) groups is 1. The van der Waals surface area contributed by atoms with Gasteiger partial charge in [0.2, 0.25) is 0 Å². The van der Waals surface area contributed by atoms with Crippen molar-refractivity contribution < 1.29 is 14.6 Å². The van der Waals surface area contributed by atoms with Crippen LogP contribution in [-0.2, 0) is 9.53 Å². The third-order valence-corrected chi connectivity index (χ3v) is 4.77. The van der Waals surface area contributed by atoms with Crippen LogP contribution < -0.4 is 5.32 Å². The van der Waals surface area contributed by atoms with Gasteiger partial charge in [-0.05, 0) is 25.5 Å². The van der Waals surface area contributed by atoms with Gasteiger partial charge in [-0.1, -0.05) is 0 Å². The first-order valence-corrected chi connectivity index (χ1v) is 6.32. The Balaban J connectivity index is 2.03. The highest BCUT2D eigenvalue weighted by Crippen LogP contribution is 2.39. The maximum Gasteiger partial charge on any atom is 0.320 e. The van der Waals surface area contributed by atoms with Crippen LogP contribution in [0.1, 0.15) is 19.8 Å². The van der Waals surface area contributed by atoms with Crippen molar-refractivity contribution in [1.29, 1.82) is 0 Å². The van der Waals surface area contributed by atoms with E-state index in [-0.39, 0.29) is 4.87 Å². The second kappa shape index (κ2) is 4.31. The molecular formula is C10H17NO3S. The standard InChI is InChI=1S/C10H17NO3S/c1-10(7-2-4-14-6-7)11-8(9(12)13)3-5-15-10/h7-8,11H,2-6H2,1H3,(H,12,13). The van der Waals surface area contributed by atoms with Gasteiger partial charge in [0.05, 0.1) is 11.5 Å². The minimum atomic E-state index is -0.736. The van der Waals surface area contributed by atoms with Crippen molar-refractivity contribution in [3.8, 4) is 0 Å². The van der Waals surface area contributed by atoms with E-state index in [1.165, 1.54) is 0 Å². The average Bonchev–Trinajstić information content (AvgIpc) is 2.71. The molecule has 2 fully saturated rings. The molecule has 2 heterocycles. The molecule has 86 valence electrons. The van der Waals surface area contributed by atoms with Crippen molar-refractivity contribution in [1.82, 2.24) is 5.32 Å². The smallest absolute Gasteiger partial charge is 0.320 e. The van der Waals surface area contributed by atoms with Crippen molar-refractivity contribution in [2.45, 2.75) is 30.7 Å². The van der Waals surface area contributed by atoms with Gasteiger partial charge in [-0.25, -0.2) is 0 Å². The van der Waals surface area contributed by atoms with Crippen molar-refractivity contribution >= 4 is 17.7 Å². The normalized spacial score (nSPS) is 41.7. The van der Waals surface area contributed by atoms with Gasteiger partial charge in [0.15, 0.2) is 0 Å². The number of carboxylic acid groups (broad SMARTS) is 1. The fraction of sp³-hybridized carbons (Fsp3) is 0.900. The molecular weight excluding hydrogens is 214 g/mol. The van der Waals surface area contributed by atoms with E-state index in [0.717, 1.165) is 25.4 Å². The fourth-order valence-electron chi connectivity index (χ4n) is 2.24. The van der Waals surface area contributed by atoms with Crippen LogP contribution >= 0.6 is 11.8 Å². The summed E-state index contributed by atoms with van der Waals surface area (Å²) in [5.41, 5.74) is 0. The molecule has 2 N–H and O–H groups in total. The van der Waals surface area contributed by atoms with Gasteiger partial charge in [-0.2, -0.15) is 0 Å². The molecule has 0 spiro atoms. The molecule has 5 heteroatoms. The summed E-state index contributed by atoms with van der Waals surface area (Å²) in [6.07, 6.45) is 1.74. The lowest BCUT2D eigenvalue weighted by Crippen LogP contribution is -2.56. The lowest BCUT2D eigenvalue weighted by Gasteiger charge is -2.41. The van der Waals surface area contributed by atoms with Crippen LogP contribution in [0.2, 0.25) is 0 Å². The number of hydrogen-bond donors (Lipinski definition) is 2. The fourth-order valence-corrected chi connectivity index (χ4v) is 3.66. The maximum atomic E-state index is 11.0. The number of nitrogens with one attached hydrogen (secondary N) is 1. The van der Waals surface area contributed by atoms with E-state index in [9.17, 15) is 4.79 Å². The SMILES string of the molecule is CC1(C2CCOC2)NC(C(=O)O)CCS1. The van der Waals surface area contributed by atoms with Crippen LogP contribution in [-0.4, -0.2) is 41.0 Å². The molecule has 2 saturated heterocycles. The first-order chi connectivity index (χ1) is 7.12. The van der Waals surface area contributed by atoms with Crippen molar-refractivity contribution in [3.63, 3.8) is 0 Å². The zero-order chi connectivity index (χ0) is 10.9. The van der Waals surface area contributed by atoms with Crippen LogP contribution in [0.25, 0.3) is 0 Å². The highest BCUT2D eigenvalue weighted by Gasteiger charge is 2.42. The summed E-state index contributed by atoms with van der Waals surface area (Å²) in [6.45, 7) is 3.66. The van der Waals surface area contributed by atoms with Crippen molar-refractivity contribution in [2.24, 2.45) is 5.92 Å². The molecule has 0 bridgehead atoms. The van der Waals surface area contributed by atoms with E-state index >= 15 is 0 Å². The van der Waals surface area contributed by atoms with E-state index < -0.39 is 12.0 Å². The largest absolute Gasteiger partial charge is 0.480 e. The summed E-state index contributed by atoms with van der Waals surface area (Å²) in [5.74, 6) is 0.613. The van der Waals surface area contributed by atoms with Gasteiger partial charge in [-0.3, -0.25) is 10.1 Å². The molecule has 2 rings (SSSR count). The van der Waals surface area contributed by atoms with Gasteiger partial charge in [-0.15, -0.1) is 11.8 Å². The van der Waals surface area contributed by atoms with Gasteiger partial charge in [0.1, 0.15) is 6.04 Å². The van der Waals surface area contributed by atoms with Crippen molar-refractivity contribution in [3.05, 3.63) is 0 Å². The third kappa shape index (κ3) is 2.29. The Morgan fingerprint density at radius 2 is 2.40 bits per heavy atom. The summed E-state index contributed by atoms with van der Waals surface area (Å²) < 4.78 is 5.37. The van der Waals surface area contributed by atoms with Gasteiger partial charge < -0.3 is 9.84 Å². The molecule has 4 nitrogen and oxygen atoms in total. The molecule has 3 unspecified atom stereocenters. The molecule has 0 saturated carbocycles. The Bertz CT molecular complexity index is 255. The summed E-state index contributed by atoms with van der Waals surface area (Å²) in [5, 5.41) is 12.3. The number of ether oxygens (including phenoxy) is 1. The number of hydrogen-bond acceptors (Lipinski definition) is 4. The lowest BCUT2D eigenvalue weighted by molar-refractivity contribution is -0.140. The number of thioether (sulfide) groups is 1. The van der Waals surface area contributed by atoms with Crippen LogP contribution in [0, 0.1) is 5.92 Å². The van der Waals surface area contributed by atoms with E-state index in [4.69, 9.17) is 9.84 Å². The first kappa shape index (κ1) is 11.2. The predicted molar refractivity (Wildman–Crippen MR) is 59.0 cm³/mol. The molecule has 15 heavy (non-hydrogen) atoms. The zero-order valence-electron chi connectivity index (χ0n) is 8.86. The molecule has 2 aliphatic rings. The molecule has 0 aromatic rings. The molecule has 2 aliphatic heterocycles. The van der Waals surface area contributed by atoms with Crippen LogP contribution in [0.3, 0.4) is 0 Å². The van der Waals surface area contributed by atoms with Gasteiger partial charge >= 0.3 is 5.97 Å². The van der Waals surface area contributed by atoms with Gasteiger partial charge in [0, 0.05) is 12.5 Å². The topological polar surface area (TPSA) is 58.6 Å². The Kier molecular flexibility index (Phi) is 3.23. The minimum Gasteiger partial charge on any atom is -0.480 e. The molecule has 0 aliphatic carbocycles. The zero-order valence-corrected chi connectivity index (χ0v) is 9.68. The molecule has 3 atom stereocenters. The van der Waals surface area contributed by atoms with E-state index in [0.29, 0.717) is 12.3 Å². The summed E-state index contributed by atoms with van der Waals surface area (Å²) in [4.78, 5) is 10.8. The van der Waals surface area contributed by atoms with E-state index in [1.54, 1.807) is 0 Å². The van der Waals surface area contributed by atoms with Crippen LogP contribution in [0.4, 0.5) is 0 Å². The summed E-state index contributed by atoms with van der Waals surface area (Å²) in [6, 6.07) is -0.392. The highest BCUT2D eigenvalue weighted by molar-refractivity contribution is 8.00. The molecule has 0 aromatic heterocycles. The van der Waals surface area contributed by atoms with E-state index in [2.05, 4.69) is 12.2 Å². The third-order valence-electron chi connectivity index (χ3n) is 3.28. The highest BCUT2D eigenvalue weighted by atomic mass is 32.2. The molecule has 0 radical (unpaired) electrons. The van der Waals surface area contributed by atoms with Gasteiger partial charge in [0.25, 0.3) is 0 Å². The second-order valence-electron chi connectivity index (χ2n) is 4.34. The average molecular weight is 231 g/mol. The number of carboxylic acids is 1. The summed E-state index contributed by atoms with van der Waals surface area (Å²) >= 11 is 1.83. The predicted octanol–water partition coefficient (Wildman–Crippen LogP) is 0.919. The van der Waals surface area contributed by atoms with Crippen LogP contribution in [0.5, 0.6) is 0 Å². The Hall–Kier alpha value is -0.260. The minimum absolute atomic E-state index is 0.127. The van der Waals surface area contributed by atoms with E-state index in [1.807, 2.05) is 11.8 Å². The number of aliphatic carboxylic acids is 1. The second-order valence-corrected chi connectivity index (χ2v) is 5.88. The first-order valence-electron chi connectivity index (χ1n) is 5.34. The summed E-state index contributed by atoms with van der Waals surface area (Å²) in [7, 11) is 0. The van der Waals surface area contributed by atoms with Crippen LogP contribution in [0.15, 0.2) is 0 Å². The maximum absolute atomic E-state index is 11.0. The van der Waals surface area contributed by atoms with Crippen molar-refractivity contribution in [2.75, 3.05) is 19.0 Å². The lowest BCUT2D eigenvalue weighted by atomic mass is 9.98. The Morgan fingerprint density at radius 3 is 3.00 bits per heavy atom. The Morgan fingerprint density at radius 1 is 1.60 bits per heavy atom.